The van der Waals surface area contributed by atoms with E-state index in [2.05, 4.69) is 10.3 Å². The number of imide groups is 2. The van der Waals surface area contributed by atoms with Crippen LogP contribution in [0.5, 0.6) is 0 Å². The highest BCUT2D eigenvalue weighted by Gasteiger charge is 2.59. The Morgan fingerprint density at radius 1 is 0.875 bits per heavy atom. The summed E-state index contributed by atoms with van der Waals surface area (Å²) in [5.74, 6) is -7.19. The first kappa shape index (κ1) is 44.6. The molecule has 0 bridgehead atoms. The largest absolute Gasteiger partial charge is 0.481 e. The molecule has 1 aliphatic rings. The maximum atomic E-state index is 13.9. The van der Waals surface area contributed by atoms with Gasteiger partial charge in [-0.3, -0.25) is 38.4 Å². The summed E-state index contributed by atoms with van der Waals surface area (Å²) in [5.41, 5.74) is -0.858. The Balaban J connectivity index is 1.77. The number of amides is 5. The predicted octanol–water partition coefficient (Wildman–Crippen LogP) is 3.83. The summed E-state index contributed by atoms with van der Waals surface area (Å²) in [6.45, 7) is 3.10. The molecular formula is C36H48FN7O12. The van der Waals surface area contributed by atoms with E-state index in [1.807, 2.05) is 0 Å². The zero-order valence-corrected chi connectivity index (χ0v) is 31.4. The minimum absolute atomic E-state index is 0.0513. The topological polar surface area (TPSA) is 264 Å². The van der Waals surface area contributed by atoms with Crippen LogP contribution < -0.4 is 0 Å². The van der Waals surface area contributed by atoms with Crippen molar-refractivity contribution >= 4 is 47.3 Å². The number of nitrogens with zero attached hydrogens (tertiary/aromatic N) is 7. The molecule has 1 saturated heterocycles. The lowest BCUT2D eigenvalue weighted by molar-refractivity contribution is -0.384. The molecule has 2 atom stereocenters. The lowest BCUT2D eigenvalue weighted by Gasteiger charge is -2.46. The minimum Gasteiger partial charge on any atom is -0.481 e. The van der Waals surface area contributed by atoms with Gasteiger partial charge in [-0.05, 0) is 69.8 Å². The van der Waals surface area contributed by atoms with Gasteiger partial charge in [0, 0.05) is 50.8 Å². The van der Waals surface area contributed by atoms with Crippen LogP contribution in [0.4, 0.5) is 14.9 Å². The highest BCUT2D eigenvalue weighted by atomic mass is 19.1. The number of aromatic nitrogens is 3. The van der Waals surface area contributed by atoms with Crippen molar-refractivity contribution in [1.82, 2.24) is 29.7 Å². The number of rotatable bonds is 25. The highest BCUT2D eigenvalue weighted by Crippen LogP contribution is 2.39. The molecule has 56 heavy (non-hydrogen) atoms. The quantitative estimate of drug-likeness (QED) is 0.0559. The van der Waals surface area contributed by atoms with Gasteiger partial charge >= 0.3 is 23.9 Å². The number of carboxylic acids is 3. The Labute approximate surface area is 321 Å². The molecule has 1 aromatic carbocycles. The van der Waals surface area contributed by atoms with Crippen LogP contribution in [-0.2, 0) is 48.3 Å². The summed E-state index contributed by atoms with van der Waals surface area (Å²) in [7, 11) is 0. The average Bonchev–Trinajstić information content (AvgIpc) is 3.62. The molecule has 0 aliphatic carbocycles. The number of urea groups is 1. The van der Waals surface area contributed by atoms with Crippen LogP contribution in [0, 0.1) is 15.5 Å². The van der Waals surface area contributed by atoms with E-state index in [0.717, 1.165) is 0 Å². The average molecular weight is 790 g/mol. The van der Waals surface area contributed by atoms with Gasteiger partial charge in [-0.15, -0.1) is 5.10 Å². The molecule has 1 aliphatic heterocycles. The number of aryl methyl sites for hydroxylation is 2. The number of barbiturate groups is 1. The summed E-state index contributed by atoms with van der Waals surface area (Å²) in [5, 5.41) is 48.5. The summed E-state index contributed by atoms with van der Waals surface area (Å²) in [4.78, 5) is 104. The number of hydrogen-bond donors (Lipinski definition) is 3. The Morgan fingerprint density at radius 3 is 2.02 bits per heavy atom. The number of non-ortho nitro benzene ring substituents is 1. The second kappa shape index (κ2) is 20.7. The summed E-state index contributed by atoms with van der Waals surface area (Å²) >= 11 is 0. The van der Waals surface area contributed by atoms with E-state index in [1.54, 1.807) is 10.9 Å². The number of nitro groups is 1. The van der Waals surface area contributed by atoms with Crippen LogP contribution in [0.25, 0.3) is 0 Å². The number of carbonyl (C=O) groups is 7. The number of aliphatic carboxylic acids is 3. The Hall–Kier alpha value is -5.82. The molecule has 3 rings (SSSR count). The summed E-state index contributed by atoms with van der Waals surface area (Å²) in [6.07, 6.45) is 1.79. The maximum absolute atomic E-state index is 13.9. The SMILES string of the molecule is CCC1(CC)C(=O)N([C@@H](CCCCN(Cc2ccc([N+](=O)[O-])cc2)C(=O)CCCCn2cc(CCCF)nn2)C(=O)O)C(=O)N([C@@H](CCC(=O)O)C(=O)O)C1=O. The third-order valence-corrected chi connectivity index (χ3v) is 9.91. The van der Waals surface area contributed by atoms with E-state index >= 15 is 0 Å². The van der Waals surface area contributed by atoms with Gasteiger partial charge in [0.2, 0.25) is 17.7 Å². The van der Waals surface area contributed by atoms with E-state index in [0.29, 0.717) is 53.3 Å². The van der Waals surface area contributed by atoms with E-state index in [-0.39, 0.29) is 63.2 Å². The van der Waals surface area contributed by atoms with Gasteiger partial charge in [-0.2, -0.15) is 0 Å². The molecule has 0 spiro atoms. The van der Waals surface area contributed by atoms with Crippen molar-refractivity contribution in [3.05, 3.63) is 51.8 Å². The van der Waals surface area contributed by atoms with Gasteiger partial charge < -0.3 is 20.2 Å². The number of alkyl halides is 1. The number of unbranched alkanes of at least 4 members (excludes halogenated alkanes) is 2. The predicted molar refractivity (Wildman–Crippen MR) is 192 cm³/mol. The van der Waals surface area contributed by atoms with Crippen molar-refractivity contribution in [2.24, 2.45) is 5.41 Å². The molecule has 2 heterocycles. The second-order valence-corrected chi connectivity index (χ2v) is 13.5. The molecule has 5 amide bonds. The minimum atomic E-state index is -1.98. The van der Waals surface area contributed by atoms with E-state index in [4.69, 9.17) is 5.11 Å². The van der Waals surface area contributed by atoms with Crippen LogP contribution in [0.1, 0.15) is 95.7 Å². The van der Waals surface area contributed by atoms with Gasteiger partial charge in [0.25, 0.3) is 5.69 Å². The molecule has 20 heteroatoms. The maximum Gasteiger partial charge on any atom is 0.335 e. The number of halogens is 1. The van der Waals surface area contributed by atoms with Crippen molar-refractivity contribution < 1.29 is 58.2 Å². The molecule has 2 aromatic rings. The molecule has 0 saturated carbocycles. The number of benzene rings is 1. The van der Waals surface area contributed by atoms with Crippen LogP contribution in [0.2, 0.25) is 0 Å². The van der Waals surface area contributed by atoms with Gasteiger partial charge in [-0.1, -0.05) is 31.2 Å². The number of carboxylic acid groups (broad SMARTS) is 3. The lowest BCUT2D eigenvalue weighted by Crippen LogP contribution is -2.70. The van der Waals surface area contributed by atoms with E-state index in [1.165, 1.54) is 43.0 Å². The fourth-order valence-electron chi connectivity index (χ4n) is 6.63. The van der Waals surface area contributed by atoms with Crippen molar-refractivity contribution in [2.75, 3.05) is 13.2 Å². The van der Waals surface area contributed by atoms with Gasteiger partial charge in [0.15, 0.2) is 0 Å². The molecule has 1 aromatic heterocycles. The van der Waals surface area contributed by atoms with Crippen molar-refractivity contribution in [1.29, 1.82) is 0 Å². The van der Waals surface area contributed by atoms with E-state index in [9.17, 15) is 58.3 Å². The third kappa shape index (κ3) is 11.1. The van der Waals surface area contributed by atoms with Crippen LogP contribution in [-0.4, -0.2) is 117 Å². The van der Waals surface area contributed by atoms with Crippen molar-refractivity contribution in [3.63, 3.8) is 0 Å². The zero-order chi connectivity index (χ0) is 41.6. The van der Waals surface area contributed by atoms with Gasteiger partial charge in [0.1, 0.15) is 17.5 Å². The molecule has 0 unspecified atom stereocenters. The van der Waals surface area contributed by atoms with Crippen LogP contribution in [0.15, 0.2) is 30.5 Å². The summed E-state index contributed by atoms with van der Waals surface area (Å²) < 4.78 is 14.1. The van der Waals surface area contributed by atoms with E-state index < -0.39 is 77.7 Å². The normalized spacial score (nSPS) is 15.1. The fraction of sp³-hybridized carbons (Fsp3) is 0.583. The summed E-state index contributed by atoms with van der Waals surface area (Å²) in [6, 6.07) is 0.357. The van der Waals surface area contributed by atoms with Gasteiger partial charge in [0.05, 0.1) is 17.3 Å². The smallest absolute Gasteiger partial charge is 0.335 e. The Bertz CT molecular complexity index is 1750. The first-order chi connectivity index (χ1) is 26.6. The Morgan fingerprint density at radius 2 is 1.48 bits per heavy atom. The van der Waals surface area contributed by atoms with Crippen molar-refractivity contribution in [3.8, 4) is 0 Å². The number of hydrogen-bond acceptors (Lipinski definition) is 11. The number of nitro benzene ring substituents is 1. The molecule has 0 radical (unpaired) electrons. The van der Waals surface area contributed by atoms with Crippen molar-refractivity contribution in [2.45, 2.75) is 116 Å². The molecule has 3 N–H and O–H groups in total. The second-order valence-electron chi connectivity index (χ2n) is 13.5. The Kier molecular flexibility index (Phi) is 16.5. The van der Waals surface area contributed by atoms with Crippen LogP contribution >= 0.6 is 0 Å². The fourth-order valence-corrected chi connectivity index (χ4v) is 6.63. The first-order valence-electron chi connectivity index (χ1n) is 18.5. The standard InChI is InChI=1S/C36H48FN7O12/c1-3-36(4-2)33(52)42(35(54)43(34(36)53)28(32(50)51)17-18-30(46)47)27(31(48)49)11-5-7-20-40(22-24-13-15-26(16-14-24)44(55)56)29(45)12-6-8-21-41-23-25(38-39-41)10-9-19-37/h13-16,23,27-28H,3-12,17-22H2,1-2H3,(H,46,47)(H,48,49)(H,50,51)/t27-,28-/m0/s1. The third-order valence-electron chi connectivity index (χ3n) is 9.91. The molecule has 306 valence electrons. The van der Waals surface area contributed by atoms with Gasteiger partial charge in [-0.25, -0.2) is 24.2 Å². The monoisotopic (exact) mass is 789 g/mol. The molecule has 1 fully saturated rings. The molecule has 19 nitrogen and oxygen atoms in total. The van der Waals surface area contributed by atoms with Crippen LogP contribution in [0.3, 0.4) is 0 Å². The first-order valence-corrected chi connectivity index (χ1v) is 18.5. The highest BCUT2D eigenvalue weighted by molar-refractivity contribution is 6.21. The molecular weight excluding hydrogens is 741 g/mol. The zero-order valence-electron chi connectivity index (χ0n) is 31.4. The lowest BCUT2D eigenvalue weighted by atomic mass is 9.77. The number of carbonyl (C=O) groups excluding carboxylic acids is 4.